The minimum Gasteiger partial charge on any atom is -0.493 e. The third-order valence-corrected chi connectivity index (χ3v) is 7.10. The van der Waals surface area contributed by atoms with Crippen molar-refractivity contribution in [2.45, 2.75) is 53.6 Å². The van der Waals surface area contributed by atoms with Crippen LogP contribution in [0.2, 0.25) is 0 Å². The number of aromatic nitrogens is 2. The van der Waals surface area contributed by atoms with Gasteiger partial charge >= 0.3 is 5.69 Å². The van der Waals surface area contributed by atoms with E-state index in [1.165, 1.54) is 6.08 Å². The normalized spacial score (nSPS) is 13.2. The maximum absolute atomic E-state index is 14.1. The zero-order valence-electron chi connectivity index (χ0n) is 24.3. The number of carbonyl (C=O) groups excluding carboxylic acids is 1. The van der Waals surface area contributed by atoms with E-state index in [0.29, 0.717) is 30.1 Å². The Bertz CT molecular complexity index is 1620. The van der Waals surface area contributed by atoms with Gasteiger partial charge in [0.05, 0.1) is 30.8 Å². The maximum atomic E-state index is 14.1. The third kappa shape index (κ3) is 6.26. The van der Waals surface area contributed by atoms with Crippen LogP contribution < -0.4 is 31.7 Å². The lowest BCUT2D eigenvalue weighted by Crippen LogP contribution is -2.43. The summed E-state index contributed by atoms with van der Waals surface area (Å²) in [4.78, 5) is 31.4. The first-order chi connectivity index (χ1) is 19.7. The molecule has 1 aliphatic rings. The molecule has 4 N–H and O–H groups in total. The van der Waals surface area contributed by atoms with Crippen molar-refractivity contribution >= 4 is 17.8 Å². The number of ether oxygens (including phenoxy) is 2. The Hall–Kier alpha value is -4.60. The summed E-state index contributed by atoms with van der Waals surface area (Å²) in [6.45, 7) is 9.37. The van der Waals surface area contributed by atoms with Gasteiger partial charge in [0.25, 0.3) is 5.91 Å². The SMILES string of the molecule is CCOc1cc2c(cc1OC)-c1c/c(=N\c3c(C)cc(C)cc3C)n(CCNC(=O)/C(N)=C/C=N)c(=O)n1CCC2. The van der Waals surface area contributed by atoms with Gasteiger partial charge in [-0.1, -0.05) is 17.7 Å². The molecule has 0 saturated carbocycles. The zero-order chi connectivity index (χ0) is 29.7. The fourth-order valence-electron chi connectivity index (χ4n) is 5.28. The molecule has 0 atom stereocenters. The van der Waals surface area contributed by atoms with Crippen LogP contribution in [0, 0.1) is 26.2 Å². The molecule has 0 fully saturated rings. The van der Waals surface area contributed by atoms with E-state index in [1.807, 2.05) is 45.9 Å². The summed E-state index contributed by atoms with van der Waals surface area (Å²) in [7, 11) is 1.61. The van der Waals surface area contributed by atoms with Crippen molar-refractivity contribution in [1.82, 2.24) is 14.5 Å². The molecule has 41 heavy (non-hydrogen) atoms. The maximum Gasteiger partial charge on any atom is 0.330 e. The molecule has 0 bridgehead atoms. The van der Waals surface area contributed by atoms with Crippen molar-refractivity contribution in [3.8, 4) is 22.8 Å². The summed E-state index contributed by atoms with van der Waals surface area (Å²) < 4.78 is 14.8. The first kappa shape index (κ1) is 29.4. The number of fused-ring (bicyclic) bond motifs is 3. The number of hydrogen-bond donors (Lipinski definition) is 3. The molecule has 1 amide bonds. The molecular weight excluding hydrogens is 520 g/mol. The average Bonchev–Trinajstić information content (AvgIpc) is 3.10. The molecule has 216 valence electrons. The van der Waals surface area contributed by atoms with Gasteiger partial charge in [-0.15, -0.1) is 0 Å². The number of amides is 1. The van der Waals surface area contributed by atoms with Crippen LogP contribution in [-0.2, 0) is 24.3 Å². The molecule has 3 aromatic rings. The van der Waals surface area contributed by atoms with Crippen molar-refractivity contribution in [1.29, 1.82) is 5.41 Å². The molecule has 2 aromatic carbocycles. The first-order valence-corrected chi connectivity index (χ1v) is 13.7. The number of aryl methyl sites for hydroxylation is 4. The summed E-state index contributed by atoms with van der Waals surface area (Å²) in [5.74, 6) is 0.780. The van der Waals surface area contributed by atoms with E-state index in [-0.39, 0.29) is 24.5 Å². The van der Waals surface area contributed by atoms with Gasteiger partial charge in [0.15, 0.2) is 11.5 Å². The van der Waals surface area contributed by atoms with Gasteiger partial charge in [-0.2, -0.15) is 0 Å². The van der Waals surface area contributed by atoms with Gasteiger partial charge in [-0.05, 0) is 75.4 Å². The number of rotatable bonds is 9. The van der Waals surface area contributed by atoms with E-state index in [4.69, 9.17) is 25.6 Å². The largest absolute Gasteiger partial charge is 0.493 e. The standard InChI is InChI=1S/C31H38N6O4/c1-6-41-27-16-22-8-7-12-36-25(23(22)17-26(27)40-5)18-28(35-29-20(3)14-19(2)15-21(29)4)37(31(36)39)13-11-34-30(38)24(33)9-10-32/h9-10,14-18,32H,6-8,11-13,33H2,1-5H3,(H,34,38)/b24-9-,32-10?,35-28+. The molecule has 0 saturated heterocycles. The highest BCUT2D eigenvalue weighted by Gasteiger charge is 2.21. The van der Waals surface area contributed by atoms with Gasteiger partial charge in [0, 0.05) is 37.5 Å². The molecule has 2 heterocycles. The lowest BCUT2D eigenvalue weighted by Gasteiger charge is -2.18. The second-order valence-corrected chi connectivity index (χ2v) is 10.1. The minimum absolute atomic E-state index is 0.0727. The van der Waals surface area contributed by atoms with Crippen LogP contribution in [0.3, 0.4) is 0 Å². The van der Waals surface area contributed by atoms with Crippen molar-refractivity contribution in [3.05, 3.63) is 80.3 Å². The van der Waals surface area contributed by atoms with E-state index < -0.39 is 5.91 Å². The first-order valence-electron chi connectivity index (χ1n) is 13.7. The third-order valence-electron chi connectivity index (χ3n) is 7.10. The van der Waals surface area contributed by atoms with Gasteiger partial charge < -0.3 is 25.9 Å². The van der Waals surface area contributed by atoms with Gasteiger partial charge in [-0.25, -0.2) is 9.79 Å². The van der Waals surface area contributed by atoms with Crippen LogP contribution in [0.4, 0.5) is 5.69 Å². The van der Waals surface area contributed by atoms with Crippen molar-refractivity contribution in [3.63, 3.8) is 0 Å². The number of nitrogens with zero attached hydrogens (tertiary/aromatic N) is 3. The lowest BCUT2D eigenvalue weighted by atomic mass is 10.0. The lowest BCUT2D eigenvalue weighted by molar-refractivity contribution is -0.117. The monoisotopic (exact) mass is 558 g/mol. The molecule has 1 aromatic heterocycles. The van der Waals surface area contributed by atoms with Crippen LogP contribution in [0.1, 0.15) is 35.6 Å². The highest BCUT2D eigenvalue weighted by Crippen LogP contribution is 2.37. The van der Waals surface area contributed by atoms with Crippen LogP contribution in [0.25, 0.3) is 11.3 Å². The molecular formula is C31H38N6O4. The molecule has 4 rings (SSSR count). The zero-order valence-corrected chi connectivity index (χ0v) is 24.3. The fourth-order valence-corrected chi connectivity index (χ4v) is 5.28. The predicted octanol–water partition coefficient (Wildman–Crippen LogP) is 3.44. The van der Waals surface area contributed by atoms with Crippen LogP contribution in [0.5, 0.6) is 11.5 Å². The summed E-state index contributed by atoms with van der Waals surface area (Å²) in [5.41, 5.74) is 12.6. The van der Waals surface area contributed by atoms with E-state index in [9.17, 15) is 9.59 Å². The number of benzene rings is 2. The van der Waals surface area contributed by atoms with Crippen LogP contribution in [0.15, 0.2) is 51.9 Å². The number of carbonyl (C=O) groups is 1. The Kier molecular flexibility index (Phi) is 9.11. The van der Waals surface area contributed by atoms with Gasteiger partial charge in [0.1, 0.15) is 5.49 Å². The van der Waals surface area contributed by atoms with E-state index in [1.54, 1.807) is 16.2 Å². The molecule has 10 nitrogen and oxygen atoms in total. The Morgan fingerprint density at radius 1 is 1.15 bits per heavy atom. The summed E-state index contributed by atoms with van der Waals surface area (Å²) in [6, 6.07) is 10.0. The van der Waals surface area contributed by atoms with Crippen LogP contribution >= 0.6 is 0 Å². The van der Waals surface area contributed by atoms with E-state index in [2.05, 4.69) is 17.4 Å². The van der Waals surface area contributed by atoms with E-state index >= 15 is 0 Å². The quantitative estimate of drug-likeness (QED) is 0.273. The van der Waals surface area contributed by atoms with Gasteiger partial charge in [0.2, 0.25) is 0 Å². The summed E-state index contributed by atoms with van der Waals surface area (Å²) >= 11 is 0. The summed E-state index contributed by atoms with van der Waals surface area (Å²) in [5, 5.41) is 9.86. The second-order valence-electron chi connectivity index (χ2n) is 10.1. The molecule has 0 spiro atoms. The highest BCUT2D eigenvalue weighted by atomic mass is 16.5. The summed E-state index contributed by atoms with van der Waals surface area (Å²) in [6.07, 6.45) is 3.71. The van der Waals surface area contributed by atoms with Crippen molar-refractivity contribution < 1.29 is 14.3 Å². The van der Waals surface area contributed by atoms with Gasteiger partial charge in [-0.3, -0.25) is 13.9 Å². The number of nitrogens with two attached hydrogens (primary N) is 1. The Morgan fingerprint density at radius 2 is 1.88 bits per heavy atom. The second kappa shape index (κ2) is 12.7. The Labute approximate surface area is 239 Å². The number of allylic oxidation sites excluding steroid dienone is 1. The fraction of sp³-hybridized carbons (Fsp3) is 0.355. The molecule has 0 radical (unpaired) electrons. The Morgan fingerprint density at radius 3 is 2.54 bits per heavy atom. The van der Waals surface area contributed by atoms with E-state index in [0.717, 1.165) is 58.3 Å². The van der Waals surface area contributed by atoms with Crippen LogP contribution in [-0.4, -0.2) is 41.5 Å². The van der Waals surface area contributed by atoms with Crippen molar-refractivity contribution in [2.75, 3.05) is 20.3 Å². The van der Waals surface area contributed by atoms with Crippen molar-refractivity contribution in [2.24, 2.45) is 10.7 Å². The molecule has 1 aliphatic heterocycles. The number of nitrogens with one attached hydrogen (secondary N) is 2. The molecule has 10 heteroatoms. The highest BCUT2D eigenvalue weighted by molar-refractivity contribution is 5.95. The predicted molar refractivity (Wildman–Crippen MR) is 160 cm³/mol. The average molecular weight is 559 g/mol. The number of hydrogen-bond acceptors (Lipinski definition) is 7. The number of methoxy groups -OCH3 is 1. The Balaban J connectivity index is 1.92. The molecule has 0 aliphatic carbocycles. The smallest absolute Gasteiger partial charge is 0.330 e. The minimum atomic E-state index is -0.501. The topological polar surface area (TPSA) is 137 Å². The molecule has 0 unspecified atom stereocenters.